The molecule has 2 aromatic rings. The predicted molar refractivity (Wildman–Crippen MR) is 87.8 cm³/mol. The molecule has 2 aromatic carbocycles. The number of hydrogen-bond donors (Lipinski definition) is 0. The Morgan fingerprint density at radius 2 is 1.37 bits per heavy atom. The van der Waals surface area contributed by atoms with Gasteiger partial charge in [-0.3, -0.25) is 0 Å². The Hall–Kier alpha value is -1.05. The summed E-state index contributed by atoms with van der Waals surface area (Å²) in [6.07, 6.45) is 2.32. The van der Waals surface area contributed by atoms with Crippen molar-refractivity contribution in [2.75, 3.05) is 0 Å². The van der Waals surface area contributed by atoms with Gasteiger partial charge in [-0.25, -0.2) is 0 Å². The molecule has 2 heteroatoms. The van der Waals surface area contributed by atoms with E-state index in [1.807, 2.05) is 0 Å². The summed E-state index contributed by atoms with van der Waals surface area (Å²) in [6, 6.07) is 21.6. The van der Waals surface area contributed by atoms with Crippen LogP contribution in [0.4, 0.5) is 0 Å². The largest absolute Gasteiger partial charge is 0.127 e. The first kappa shape index (κ1) is 14.4. The average molecular weight is 289 g/mol. The molecule has 2 rings (SSSR count). The second-order valence-electron chi connectivity index (χ2n) is 5.00. The van der Waals surface area contributed by atoms with Crippen LogP contribution < -0.4 is 0 Å². The van der Waals surface area contributed by atoms with E-state index < -0.39 is 9.52 Å². The summed E-state index contributed by atoms with van der Waals surface area (Å²) < 4.78 is 0. The van der Waals surface area contributed by atoms with E-state index in [0.29, 0.717) is 10.5 Å². The van der Waals surface area contributed by atoms with Gasteiger partial charge < -0.3 is 0 Å². The lowest BCUT2D eigenvalue weighted by atomic mass is 10.0. The van der Waals surface area contributed by atoms with Gasteiger partial charge in [-0.15, -0.1) is 11.6 Å². The fourth-order valence-corrected chi connectivity index (χ4v) is 5.52. The van der Waals surface area contributed by atoms with E-state index in [1.165, 1.54) is 17.5 Å². The van der Waals surface area contributed by atoms with Crippen LogP contribution in [-0.4, -0.2) is 14.5 Å². The van der Waals surface area contributed by atoms with Gasteiger partial charge in [0.25, 0.3) is 0 Å². The summed E-state index contributed by atoms with van der Waals surface area (Å²) in [5.41, 5.74) is 3.38. The lowest BCUT2D eigenvalue weighted by Gasteiger charge is -2.20. The van der Waals surface area contributed by atoms with E-state index in [1.54, 1.807) is 0 Å². The van der Waals surface area contributed by atoms with Gasteiger partial charge in [0.05, 0.1) is 9.52 Å². The minimum absolute atomic E-state index is 0.385. The van der Waals surface area contributed by atoms with E-state index >= 15 is 0 Å². The van der Waals surface area contributed by atoms with Crippen LogP contribution >= 0.6 is 11.6 Å². The SMILES string of the molecule is CCCC(Cl)[SiH2]C(c1ccccc1)c1ccccc1. The molecule has 0 spiro atoms. The van der Waals surface area contributed by atoms with Crippen LogP contribution in [0.3, 0.4) is 0 Å². The summed E-state index contributed by atoms with van der Waals surface area (Å²) in [5.74, 6) is 0. The fourth-order valence-electron chi connectivity index (χ4n) is 2.52. The summed E-state index contributed by atoms with van der Waals surface area (Å²) >= 11 is 6.54. The lowest BCUT2D eigenvalue weighted by molar-refractivity contribution is 0.846. The van der Waals surface area contributed by atoms with E-state index in [9.17, 15) is 0 Å². The molecule has 0 aliphatic carbocycles. The summed E-state index contributed by atoms with van der Waals surface area (Å²) in [6.45, 7) is 2.21. The molecule has 1 atom stereocenters. The van der Waals surface area contributed by atoms with Crippen LogP contribution in [0, 0.1) is 0 Å². The predicted octanol–water partition coefficient (Wildman–Crippen LogP) is 4.31. The van der Waals surface area contributed by atoms with Crippen LogP contribution in [0.15, 0.2) is 60.7 Å². The lowest BCUT2D eigenvalue weighted by Crippen LogP contribution is -2.19. The molecule has 0 aromatic heterocycles. The molecule has 100 valence electrons. The van der Waals surface area contributed by atoms with Gasteiger partial charge in [0.2, 0.25) is 0 Å². The van der Waals surface area contributed by atoms with Gasteiger partial charge in [-0.1, -0.05) is 74.0 Å². The van der Waals surface area contributed by atoms with Crippen LogP contribution in [-0.2, 0) is 0 Å². The molecule has 0 amide bonds. The molecule has 0 aliphatic rings. The number of halogens is 1. The molecule has 0 aliphatic heterocycles. The third kappa shape index (κ3) is 4.22. The second kappa shape index (κ2) is 7.52. The highest BCUT2D eigenvalue weighted by Gasteiger charge is 2.18. The normalized spacial score (nSPS) is 13.2. The Kier molecular flexibility index (Phi) is 5.68. The number of hydrogen-bond acceptors (Lipinski definition) is 0. The zero-order chi connectivity index (χ0) is 13.5. The fraction of sp³-hybridized carbons (Fsp3) is 0.294. The number of alkyl halides is 1. The number of rotatable bonds is 6. The molecule has 19 heavy (non-hydrogen) atoms. The van der Waals surface area contributed by atoms with Crippen molar-refractivity contribution < 1.29 is 0 Å². The summed E-state index contributed by atoms with van der Waals surface area (Å²) in [4.78, 5) is 0. The van der Waals surface area contributed by atoms with Gasteiger partial charge in [0, 0.05) is 5.00 Å². The van der Waals surface area contributed by atoms with Crippen LogP contribution in [0.25, 0.3) is 0 Å². The minimum atomic E-state index is -0.392. The first-order valence-corrected chi connectivity index (χ1v) is 9.12. The molecule has 0 saturated heterocycles. The van der Waals surface area contributed by atoms with Crippen molar-refractivity contribution in [3.05, 3.63) is 71.8 Å². The van der Waals surface area contributed by atoms with Crippen LogP contribution in [0.5, 0.6) is 0 Å². The third-order valence-electron chi connectivity index (χ3n) is 3.50. The van der Waals surface area contributed by atoms with Gasteiger partial charge >= 0.3 is 0 Å². The highest BCUT2D eigenvalue weighted by molar-refractivity contribution is 6.55. The van der Waals surface area contributed by atoms with E-state index in [4.69, 9.17) is 11.6 Å². The van der Waals surface area contributed by atoms with Crippen molar-refractivity contribution >= 4 is 21.1 Å². The van der Waals surface area contributed by atoms with Crippen LogP contribution in [0.1, 0.15) is 36.4 Å². The molecule has 0 bridgehead atoms. The van der Waals surface area contributed by atoms with Crippen molar-refractivity contribution in [3.8, 4) is 0 Å². The van der Waals surface area contributed by atoms with Crippen molar-refractivity contribution in [1.82, 2.24) is 0 Å². The Morgan fingerprint density at radius 3 is 1.79 bits per heavy atom. The molecular formula is C17H21ClSi. The molecule has 0 heterocycles. The van der Waals surface area contributed by atoms with Crippen molar-refractivity contribution in [3.63, 3.8) is 0 Å². The topological polar surface area (TPSA) is 0 Å². The molecule has 0 N–H and O–H groups in total. The van der Waals surface area contributed by atoms with Crippen LogP contribution in [0.2, 0.25) is 0 Å². The van der Waals surface area contributed by atoms with E-state index in [0.717, 1.165) is 6.42 Å². The zero-order valence-electron chi connectivity index (χ0n) is 11.4. The first-order valence-electron chi connectivity index (χ1n) is 7.05. The molecule has 0 saturated carbocycles. The van der Waals surface area contributed by atoms with Crippen molar-refractivity contribution in [2.24, 2.45) is 0 Å². The van der Waals surface area contributed by atoms with Gasteiger partial charge in [0.1, 0.15) is 0 Å². The molecule has 0 radical (unpaired) electrons. The van der Waals surface area contributed by atoms with Crippen molar-refractivity contribution in [1.29, 1.82) is 0 Å². The molecule has 1 unspecified atom stereocenters. The quantitative estimate of drug-likeness (QED) is 0.549. The smallest absolute Gasteiger partial charge is 0.0556 e. The molecule has 0 fully saturated rings. The Bertz CT molecular complexity index is 430. The maximum Gasteiger partial charge on any atom is 0.0556 e. The number of benzene rings is 2. The van der Waals surface area contributed by atoms with Gasteiger partial charge in [-0.05, 0) is 23.1 Å². The molecule has 0 nitrogen and oxygen atoms in total. The third-order valence-corrected chi connectivity index (χ3v) is 6.58. The summed E-state index contributed by atoms with van der Waals surface area (Å²) in [7, 11) is -0.392. The Morgan fingerprint density at radius 1 is 0.895 bits per heavy atom. The first-order chi connectivity index (χ1) is 9.31. The minimum Gasteiger partial charge on any atom is -0.127 e. The van der Waals surface area contributed by atoms with Gasteiger partial charge in [-0.2, -0.15) is 0 Å². The Labute approximate surface area is 123 Å². The van der Waals surface area contributed by atoms with Crippen molar-refractivity contribution in [2.45, 2.75) is 30.3 Å². The van der Waals surface area contributed by atoms with E-state index in [2.05, 4.69) is 67.6 Å². The van der Waals surface area contributed by atoms with E-state index in [-0.39, 0.29) is 0 Å². The standard InChI is InChI=1S/C17H21ClSi/c1-2-9-16(18)19-17(14-10-5-3-6-11-14)15-12-7-4-8-13-15/h3-8,10-13,16-17H,2,9,19H2,1H3. The highest BCUT2D eigenvalue weighted by Crippen LogP contribution is 2.26. The maximum absolute atomic E-state index is 6.54. The summed E-state index contributed by atoms with van der Waals surface area (Å²) in [5, 5.41) is 0.385. The van der Waals surface area contributed by atoms with Gasteiger partial charge in [0.15, 0.2) is 0 Å². The second-order valence-corrected chi connectivity index (χ2v) is 8.40. The zero-order valence-corrected chi connectivity index (χ0v) is 13.6. The average Bonchev–Trinajstić information content (AvgIpc) is 2.47. The Balaban J connectivity index is 2.24. The maximum atomic E-state index is 6.54. The monoisotopic (exact) mass is 288 g/mol. The highest BCUT2D eigenvalue weighted by atomic mass is 35.5. The molecular weight excluding hydrogens is 268 g/mol.